The predicted octanol–water partition coefficient (Wildman–Crippen LogP) is 0.680. The summed E-state index contributed by atoms with van der Waals surface area (Å²) in [6.07, 6.45) is 0. The van der Waals surface area contributed by atoms with E-state index in [4.69, 9.17) is 0 Å². The highest BCUT2D eigenvalue weighted by Gasteiger charge is 2.16. The second-order valence-electron chi connectivity index (χ2n) is 4.71. The molecule has 0 aliphatic rings. The van der Waals surface area contributed by atoms with Crippen molar-refractivity contribution in [2.24, 2.45) is 0 Å². The molecule has 0 saturated carbocycles. The van der Waals surface area contributed by atoms with Gasteiger partial charge in [0.05, 0.1) is 10.6 Å². The number of sulfonamides is 1. The lowest BCUT2D eigenvalue weighted by atomic mass is 10.1. The van der Waals surface area contributed by atoms with E-state index >= 15 is 0 Å². The zero-order valence-corrected chi connectivity index (χ0v) is 14.1. The Morgan fingerprint density at radius 3 is 2.14 bits per heavy atom. The Hall–Kier alpha value is -0.960. The fraction of sp³-hybridized carbons (Fsp3) is 0.538. The van der Waals surface area contributed by atoms with E-state index < -0.39 is 19.9 Å². The Balaban J connectivity index is 2.75. The lowest BCUT2D eigenvalue weighted by Crippen LogP contribution is -2.29. The molecule has 0 heterocycles. The van der Waals surface area contributed by atoms with Crippen LogP contribution in [0.5, 0.6) is 0 Å². The van der Waals surface area contributed by atoms with E-state index in [9.17, 15) is 16.8 Å². The first-order valence-corrected chi connectivity index (χ1v) is 9.99. The molecule has 0 fully saturated rings. The molecular weight excluding hydrogens is 312 g/mol. The van der Waals surface area contributed by atoms with Crippen molar-refractivity contribution < 1.29 is 16.8 Å². The smallest absolute Gasteiger partial charge is 0.240 e. The van der Waals surface area contributed by atoms with Gasteiger partial charge >= 0.3 is 0 Å². The van der Waals surface area contributed by atoms with E-state index in [2.05, 4.69) is 10.0 Å². The highest BCUT2D eigenvalue weighted by molar-refractivity contribution is 7.91. The van der Waals surface area contributed by atoms with Crippen LogP contribution in [0.25, 0.3) is 0 Å². The fourth-order valence-corrected chi connectivity index (χ4v) is 3.52. The monoisotopic (exact) mass is 334 g/mol. The third-order valence-corrected chi connectivity index (χ3v) is 6.45. The first-order valence-electron chi connectivity index (χ1n) is 6.69. The van der Waals surface area contributed by atoms with Crippen molar-refractivity contribution >= 4 is 19.9 Å². The summed E-state index contributed by atoms with van der Waals surface area (Å²) in [5.41, 5.74) is 0.977. The Labute approximate surface area is 126 Å². The lowest BCUT2D eigenvalue weighted by Gasteiger charge is -2.11. The van der Waals surface area contributed by atoms with Crippen LogP contribution in [-0.4, -0.2) is 41.9 Å². The van der Waals surface area contributed by atoms with Gasteiger partial charge in [-0.3, -0.25) is 0 Å². The van der Waals surface area contributed by atoms with E-state index in [1.54, 1.807) is 12.1 Å². The van der Waals surface area contributed by atoms with Gasteiger partial charge in [-0.05, 0) is 31.7 Å². The highest BCUT2D eigenvalue weighted by atomic mass is 32.2. The summed E-state index contributed by atoms with van der Waals surface area (Å²) in [5, 5.41) is 3.06. The molecule has 0 aliphatic carbocycles. The van der Waals surface area contributed by atoms with Gasteiger partial charge in [-0.2, -0.15) is 0 Å². The topological polar surface area (TPSA) is 92.3 Å². The number of hydrogen-bond donors (Lipinski definition) is 2. The van der Waals surface area contributed by atoms with E-state index in [1.807, 2.05) is 14.0 Å². The van der Waals surface area contributed by atoms with Crippen LogP contribution in [0.2, 0.25) is 0 Å². The van der Waals surface area contributed by atoms with Gasteiger partial charge in [-0.1, -0.05) is 19.1 Å². The van der Waals surface area contributed by atoms with Crippen molar-refractivity contribution in [1.82, 2.24) is 10.0 Å². The largest absolute Gasteiger partial charge is 0.313 e. The van der Waals surface area contributed by atoms with Crippen LogP contribution >= 0.6 is 0 Å². The van der Waals surface area contributed by atoms with E-state index in [-0.39, 0.29) is 29.0 Å². The summed E-state index contributed by atoms with van der Waals surface area (Å²) in [4.78, 5) is 0.128. The molecule has 21 heavy (non-hydrogen) atoms. The standard InChI is InChI=1S/C13H22N2O4S2/c1-4-20(16,17)10-9-15-21(18,19)13-7-5-12(6-8-13)11(2)14-3/h5-8,11,14-15H,4,9-10H2,1-3H3. The van der Waals surface area contributed by atoms with Crippen molar-refractivity contribution in [2.45, 2.75) is 24.8 Å². The fourth-order valence-electron chi connectivity index (χ4n) is 1.66. The SMILES string of the molecule is CCS(=O)(=O)CCNS(=O)(=O)c1ccc(C(C)NC)cc1. The highest BCUT2D eigenvalue weighted by Crippen LogP contribution is 2.15. The molecule has 0 bridgehead atoms. The second-order valence-corrected chi connectivity index (χ2v) is 8.95. The average molecular weight is 334 g/mol. The van der Waals surface area contributed by atoms with E-state index in [0.29, 0.717) is 0 Å². The van der Waals surface area contributed by atoms with Gasteiger partial charge in [0.2, 0.25) is 10.0 Å². The van der Waals surface area contributed by atoms with Gasteiger partial charge < -0.3 is 5.32 Å². The maximum absolute atomic E-state index is 12.0. The molecule has 120 valence electrons. The van der Waals surface area contributed by atoms with Gasteiger partial charge in [0, 0.05) is 18.3 Å². The van der Waals surface area contributed by atoms with Crippen LogP contribution in [0.1, 0.15) is 25.5 Å². The molecule has 2 N–H and O–H groups in total. The van der Waals surface area contributed by atoms with Gasteiger partial charge in [-0.15, -0.1) is 0 Å². The van der Waals surface area contributed by atoms with Crippen LogP contribution in [0.4, 0.5) is 0 Å². The quantitative estimate of drug-likeness (QED) is 0.729. The van der Waals surface area contributed by atoms with Gasteiger partial charge in [0.25, 0.3) is 0 Å². The number of nitrogens with one attached hydrogen (secondary N) is 2. The Bertz CT molecular complexity index is 652. The van der Waals surface area contributed by atoms with Gasteiger partial charge in [0.1, 0.15) is 0 Å². The molecule has 0 aliphatic heterocycles. The predicted molar refractivity (Wildman–Crippen MR) is 83.4 cm³/mol. The summed E-state index contributed by atoms with van der Waals surface area (Å²) in [6.45, 7) is 3.38. The van der Waals surface area contributed by atoms with Gasteiger partial charge in [0.15, 0.2) is 9.84 Å². The van der Waals surface area contributed by atoms with Crippen molar-refractivity contribution in [1.29, 1.82) is 0 Å². The van der Waals surface area contributed by atoms with Crippen LogP contribution in [-0.2, 0) is 19.9 Å². The average Bonchev–Trinajstić information content (AvgIpc) is 2.46. The molecule has 0 radical (unpaired) electrons. The molecule has 1 rings (SSSR count). The van der Waals surface area contributed by atoms with Crippen molar-refractivity contribution in [3.05, 3.63) is 29.8 Å². The number of rotatable bonds is 8. The van der Waals surface area contributed by atoms with Crippen LogP contribution < -0.4 is 10.0 Å². The Kier molecular flexibility index (Phi) is 6.33. The third kappa shape index (κ3) is 5.39. The summed E-state index contributed by atoms with van der Waals surface area (Å²) >= 11 is 0. The second kappa shape index (κ2) is 7.35. The minimum atomic E-state index is -3.67. The summed E-state index contributed by atoms with van der Waals surface area (Å²) in [6, 6.07) is 6.63. The molecule has 0 aromatic heterocycles. The number of hydrogen-bond acceptors (Lipinski definition) is 5. The van der Waals surface area contributed by atoms with Crippen molar-refractivity contribution in [3.63, 3.8) is 0 Å². The van der Waals surface area contributed by atoms with Crippen LogP contribution in [0.3, 0.4) is 0 Å². The summed E-state index contributed by atoms with van der Waals surface area (Å²) < 4.78 is 49.0. The first-order chi connectivity index (χ1) is 9.72. The molecule has 1 aromatic carbocycles. The minimum absolute atomic E-state index is 0.00529. The van der Waals surface area contributed by atoms with E-state index in [1.165, 1.54) is 19.1 Å². The Morgan fingerprint density at radius 1 is 1.10 bits per heavy atom. The molecule has 1 atom stereocenters. The zero-order chi connectivity index (χ0) is 16.1. The normalized spacial score (nSPS) is 14.0. The maximum Gasteiger partial charge on any atom is 0.240 e. The molecule has 0 spiro atoms. The molecule has 6 nitrogen and oxygen atoms in total. The van der Waals surface area contributed by atoms with Crippen molar-refractivity contribution in [3.8, 4) is 0 Å². The lowest BCUT2D eigenvalue weighted by molar-refractivity contribution is 0.581. The van der Waals surface area contributed by atoms with Crippen LogP contribution in [0.15, 0.2) is 29.2 Å². The molecular formula is C13H22N2O4S2. The first kappa shape index (κ1) is 18.1. The van der Waals surface area contributed by atoms with E-state index in [0.717, 1.165) is 5.56 Å². The van der Waals surface area contributed by atoms with Gasteiger partial charge in [-0.25, -0.2) is 21.6 Å². The molecule has 1 unspecified atom stereocenters. The molecule has 1 aromatic rings. The summed E-state index contributed by atoms with van der Waals surface area (Å²) in [5.74, 6) is -0.192. The molecule has 8 heteroatoms. The van der Waals surface area contributed by atoms with Crippen LogP contribution in [0, 0.1) is 0 Å². The zero-order valence-electron chi connectivity index (χ0n) is 12.5. The molecule has 0 amide bonds. The third-order valence-electron chi connectivity index (χ3n) is 3.27. The minimum Gasteiger partial charge on any atom is -0.313 e. The molecule has 0 saturated heterocycles. The maximum atomic E-state index is 12.0. The summed E-state index contributed by atoms with van der Waals surface area (Å²) in [7, 11) is -5.03. The number of benzene rings is 1. The Morgan fingerprint density at radius 2 is 1.67 bits per heavy atom. The number of sulfone groups is 1. The van der Waals surface area contributed by atoms with Crippen molar-refractivity contribution in [2.75, 3.05) is 25.1 Å².